The third-order valence-electron chi connectivity index (χ3n) is 1.63. The van der Waals surface area contributed by atoms with Gasteiger partial charge in [0.05, 0.1) is 0 Å². The molecule has 0 radical (unpaired) electrons. The van der Waals surface area contributed by atoms with Gasteiger partial charge in [0.1, 0.15) is 0 Å². The van der Waals surface area contributed by atoms with Crippen LogP contribution in [0.5, 0.6) is 0 Å². The van der Waals surface area contributed by atoms with E-state index in [4.69, 9.17) is 6.03 Å². The molecule has 0 aromatic carbocycles. The SMILES string of the molecule is O=C1[O][Sb-]23[O]C(=O)[C@@H]([O]2)[C@@H]1[O]3. The zero-order valence-corrected chi connectivity index (χ0v) is 7.60. The van der Waals surface area contributed by atoms with Gasteiger partial charge in [-0.1, -0.05) is 0 Å². The van der Waals surface area contributed by atoms with Gasteiger partial charge in [-0.2, -0.15) is 0 Å². The molecule has 3 rings (SSSR count). The van der Waals surface area contributed by atoms with Crippen molar-refractivity contribution in [1.82, 2.24) is 0 Å². The van der Waals surface area contributed by atoms with Gasteiger partial charge >= 0.3 is 66.3 Å². The summed E-state index contributed by atoms with van der Waals surface area (Å²) < 4.78 is 19.4. The fourth-order valence-electron chi connectivity index (χ4n) is 1.18. The Labute approximate surface area is 66.6 Å². The van der Waals surface area contributed by atoms with E-state index in [1.54, 1.807) is 0 Å². The van der Waals surface area contributed by atoms with E-state index in [1.165, 1.54) is 0 Å². The third-order valence-corrected chi connectivity index (χ3v) is 6.70. The monoisotopic (exact) mass is 267 g/mol. The fourth-order valence-corrected chi connectivity index (χ4v) is 6.48. The summed E-state index contributed by atoms with van der Waals surface area (Å²) in [5.74, 6) is -1.03. The molecule has 3 heterocycles. The molecule has 3 bridgehead atoms. The van der Waals surface area contributed by atoms with Gasteiger partial charge in [-0.15, -0.1) is 0 Å². The van der Waals surface area contributed by atoms with Crippen LogP contribution < -0.4 is 0 Å². The predicted octanol–water partition coefficient (Wildman–Crippen LogP) is -1.68. The van der Waals surface area contributed by atoms with Crippen molar-refractivity contribution in [2.45, 2.75) is 12.2 Å². The second-order valence-electron chi connectivity index (χ2n) is 2.32. The summed E-state index contributed by atoms with van der Waals surface area (Å²) in [7, 11) is 0. The van der Waals surface area contributed by atoms with E-state index >= 15 is 0 Å². The molecule has 2 atom stereocenters. The first-order valence-electron chi connectivity index (χ1n) is 2.93. The van der Waals surface area contributed by atoms with E-state index in [0.29, 0.717) is 0 Å². The molecule has 3 aliphatic rings. The van der Waals surface area contributed by atoms with Gasteiger partial charge in [0, 0.05) is 0 Å². The van der Waals surface area contributed by atoms with E-state index in [9.17, 15) is 9.59 Å². The summed E-state index contributed by atoms with van der Waals surface area (Å²) in [5, 5.41) is 0. The van der Waals surface area contributed by atoms with Gasteiger partial charge in [-0.25, -0.2) is 0 Å². The first-order chi connectivity index (χ1) is 5.20. The molecule has 1 spiro atoms. The quantitative estimate of drug-likeness (QED) is 0.488. The van der Waals surface area contributed by atoms with Crippen LogP contribution in [0.2, 0.25) is 0 Å². The summed E-state index contributed by atoms with van der Waals surface area (Å²) in [6, 6.07) is 0. The van der Waals surface area contributed by atoms with E-state index < -0.39 is 44.6 Å². The molecular weight excluding hydrogens is 266 g/mol. The topological polar surface area (TPSA) is 71.1 Å². The van der Waals surface area contributed by atoms with Gasteiger partial charge in [-0.3, -0.25) is 0 Å². The molecule has 0 saturated carbocycles. The minimum absolute atomic E-state index is 0.516. The number of hydrogen-bond donors (Lipinski definition) is 0. The maximum absolute atomic E-state index is 10.8. The molecule has 7 heteroatoms. The van der Waals surface area contributed by atoms with Gasteiger partial charge in [0.25, 0.3) is 0 Å². The van der Waals surface area contributed by atoms with Crippen LogP contribution in [-0.4, -0.2) is 44.6 Å². The fraction of sp³-hybridized carbons (Fsp3) is 0.500. The molecule has 6 nitrogen and oxygen atoms in total. The van der Waals surface area contributed by atoms with Gasteiger partial charge < -0.3 is 0 Å². The third kappa shape index (κ3) is 0.569. The zero-order valence-electron chi connectivity index (χ0n) is 5.05. The Morgan fingerprint density at radius 3 is 1.82 bits per heavy atom. The van der Waals surface area contributed by atoms with Crippen LogP contribution in [0, 0.1) is 0 Å². The average Bonchev–Trinajstić information content (AvgIpc) is 2.46. The Balaban J connectivity index is 2.13. The number of rotatable bonds is 0. The van der Waals surface area contributed by atoms with Crippen LogP contribution in [0.4, 0.5) is 0 Å². The molecule has 3 aliphatic heterocycles. The Bertz CT molecular complexity index is 246. The summed E-state index contributed by atoms with van der Waals surface area (Å²) >= 11 is -3.89. The van der Waals surface area contributed by atoms with Gasteiger partial charge in [0.2, 0.25) is 0 Å². The van der Waals surface area contributed by atoms with Crippen molar-refractivity contribution in [3.8, 4) is 0 Å². The standard InChI is InChI=1S/C4H4O6.Sb/c5-1(3(7)8)2(6)4(9)10;/h1-2H,(H,7,8)(H,9,10);/q-2;+3/p-2/t1-,2-;/m0./s1. The van der Waals surface area contributed by atoms with E-state index in [1.807, 2.05) is 0 Å². The zero-order chi connectivity index (χ0) is 7.64. The summed E-state index contributed by atoms with van der Waals surface area (Å²) in [6.07, 6.45) is -1.66. The van der Waals surface area contributed by atoms with Crippen LogP contribution >= 0.6 is 0 Å². The summed E-state index contributed by atoms with van der Waals surface area (Å²) in [5.41, 5.74) is 0. The van der Waals surface area contributed by atoms with Crippen LogP contribution in [0.25, 0.3) is 0 Å². The van der Waals surface area contributed by atoms with E-state index in [0.717, 1.165) is 0 Å². The van der Waals surface area contributed by atoms with Crippen LogP contribution in [0.1, 0.15) is 0 Å². The van der Waals surface area contributed by atoms with Crippen LogP contribution in [0.3, 0.4) is 0 Å². The second-order valence-corrected chi connectivity index (χ2v) is 7.12. The van der Waals surface area contributed by atoms with Crippen LogP contribution in [0.15, 0.2) is 0 Å². The summed E-state index contributed by atoms with van der Waals surface area (Å²) in [4.78, 5) is 21.7. The molecule has 3 fully saturated rings. The van der Waals surface area contributed by atoms with Gasteiger partial charge in [0.15, 0.2) is 0 Å². The van der Waals surface area contributed by atoms with E-state index in [2.05, 4.69) is 6.03 Å². The van der Waals surface area contributed by atoms with E-state index in [-0.39, 0.29) is 0 Å². The van der Waals surface area contributed by atoms with Gasteiger partial charge in [-0.05, 0) is 0 Å². The number of fused-ring (bicyclic) bond motifs is 3. The molecule has 0 N–H and O–H groups in total. The molecule has 11 heavy (non-hydrogen) atoms. The molecular formula is C4H2O6Sb-. The molecule has 60 valence electrons. The number of hydrogen-bond acceptors (Lipinski definition) is 6. The maximum atomic E-state index is 10.8. The van der Waals surface area contributed by atoms with Crippen molar-refractivity contribution in [2.75, 3.05) is 0 Å². The van der Waals surface area contributed by atoms with Crippen molar-refractivity contribution in [2.24, 2.45) is 0 Å². The minimum atomic E-state index is -3.89. The second kappa shape index (κ2) is 1.55. The molecule has 0 aromatic rings. The first kappa shape index (κ1) is 6.22. The van der Waals surface area contributed by atoms with Crippen molar-refractivity contribution in [3.63, 3.8) is 0 Å². The van der Waals surface area contributed by atoms with Crippen molar-refractivity contribution >= 4 is 32.4 Å². The number of carbonyl (C=O) groups is 2. The molecule has 0 amide bonds. The molecule has 0 aromatic heterocycles. The Morgan fingerprint density at radius 2 is 1.45 bits per heavy atom. The molecule has 3 saturated heterocycles. The summed E-state index contributed by atoms with van der Waals surface area (Å²) in [6.45, 7) is 0. The average molecular weight is 268 g/mol. The normalized spacial score (nSPS) is 57.1. The molecule has 0 aliphatic carbocycles. The Kier molecular flexibility index (Phi) is 0.877. The Hall–Kier alpha value is -0.322. The molecule has 0 unspecified atom stereocenters. The van der Waals surface area contributed by atoms with Crippen molar-refractivity contribution in [1.29, 1.82) is 0 Å². The number of carbonyl (C=O) groups excluding carboxylic acids is 2. The van der Waals surface area contributed by atoms with Crippen LogP contribution in [-0.2, 0) is 21.7 Å². The Morgan fingerprint density at radius 1 is 1.00 bits per heavy atom. The first-order valence-corrected chi connectivity index (χ1v) is 7.10. The van der Waals surface area contributed by atoms with Crippen molar-refractivity contribution in [3.05, 3.63) is 0 Å². The van der Waals surface area contributed by atoms with Crippen molar-refractivity contribution < 1.29 is 21.7 Å². The predicted molar refractivity (Wildman–Crippen MR) is 27.7 cm³/mol.